The predicted octanol–water partition coefficient (Wildman–Crippen LogP) is 4.08. The van der Waals surface area contributed by atoms with Gasteiger partial charge in [-0.25, -0.2) is 0 Å². The van der Waals surface area contributed by atoms with Crippen LogP contribution in [0.15, 0.2) is 18.2 Å². The Morgan fingerprint density at radius 3 is 2.75 bits per heavy atom. The second-order valence-corrected chi connectivity index (χ2v) is 7.23. The van der Waals surface area contributed by atoms with Gasteiger partial charge in [0.05, 0.1) is 5.02 Å². The molecule has 0 radical (unpaired) electrons. The van der Waals surface area contributed by atoms with Crippen LogP contribution in [0.1, 0.15) is 37.2 Å². The minimum Gasteiger partial charge on any atom is -0.488 e. The number of thioether (sulfide) groups is 1. The van der Waals surface area contributed by atoms with E-state index >= 15 is 0 Å². The fraction of sp³-hybridized carbons (Fsp3) is 0.625. The van der Waals surface area contributed by atoms with E-state index in [1.54, 1.807) is 0 Å². The SMILES string of the molecule is Clc1cc(C2CCNCC2)ccc1OC1CCCSC1. The van der Waals surface area contributed by atoms with E-state index in [1.165, 1.54) is 30.6 Å². The smallest absolute Gasteiger partial charge is 0.138 e. The highest BCUT2D eigenvalue weighted by molar-refractivity contribution is 7.99. The Bertz CT molecular complexity index is 442. The van der Waals surface area contributed by atoms with Crippen LogP contribution in [-0.2, 0) is 0 Å². The largest absolute Gasteiger partial charge is 0.488 e. The van der Waals surface area contributed by atoms with Gasteiger partial charge in [0.15, 0.2) is 0 Å². The van der Waals surface area contributed by atoms with E-state index in [0.29, 0.717) is 12.0 Å². The van der Waals surface area contributed by atoms with Crippen molar-refractivity contribution in [1.82, 2.24) is 5.32 Å². The van der Waals surface area contributed by atoms with Crippen molar-refractivity contribution in [2.45, 2.75) is 37.7 Å². The van der Waals surface area contributed by atoms with Gasteiger partial charge in [0.25, 0.3) is 0 Å². The summed E-state index contributed by atoms with van der Waals surface area (Å²) in [4.78, 5) is 0. The highest BCUT2D eigenvalue weighted by Gasteiger charge is 2.19. The first-order valence-corrected chi connectivity index (χ1v) is 9.11. The molecule has 2 aliphatic heterocycles. The number of hydrogen-bond donors (Lipinski definition) is 1. The number of halogens is 1. The molecule has 0 amide bonds. The molecule has 4 heteroatoms. The quantitative estimate of drug-likeness (QED) is 0.909. The third-order valence-electron chi connectivity index (χ3n) is 4.18. The van der Waals surface area contributed by atoms with Crippen LogP contribution in [0, 0.1) is 0 Å². The molecule has 20 heavy (non-hydrogen) atoms. The molecular weight excluding hydrogens is 290 g/mol. The summed E-state index contributed by atoms with van der Waals surface area (Å²) < 4.78 is 6.06. The van der Waals surface area contributed by atoms with Crippen molar-refractivity contribution in [1.29, 1.82) is 0 Å². The first-order valence-electron chi connectivity index (χ1n) is 7.57. The van der Waals surface area contributed by atoms with E-state index in [-0.39, 0.29) is 0 Å². The lowest BCUT2D eigenvalue weighted by Crippen LogP contribution is -2.26. The Hall–Kier alpha value is -0.380. The number of rotatable bonds is 3. The Balaban J connectivity index is 1.66. The Labute approximate surface area is 130 Å². The van der Waals surface area contributed by atoms with Gasteiger partial charge in [-0.15, -0.1) is 0 Å². The summed E-state index contributed by atoms with van der Waals surface area (Å²) in [6.45, 7) is 2.22. The first-order chi connectivity index (χ1) is 9.83. The number of benzene rings is 1. The molecule has 110 valence electrons. The average Bonchev–Trinajstić information content (AvgIpc) is 2.51. The molecule has 2 aliphatic rings. The van der Waals surface area contributed by atoms with Crippen molar-refractivity contribution in [3.8, 4) is 5.75 Å². The third kappa shape index (κ3) is 3.63. The summed E-state index contributed by atoms with van der Waals surface area (Å²) >= 11 is 8.40. The molecule has 0 aliphatic carbocycles. The minimum absolute atomic E-state index is 0.330. The van der Waals surface area contributed by atoms with Gasteiger partial charge >= 0.3 is 0 Å². The summed E-state index contributed by atoms with van der Waals surface area (Å²) in [5.74, 6) is 3.86. The molecule has 1 aromatic carbocycles. The van der Waals surface area contributed by atoms with Gasteiger partial charge in [-0.2, -0.15) is 11.8 Å². The van der Waals surface area contributed by atoms with E-state index in [4.69, 9.17) is 16.3 Å². The van der Waals surface area contributed by atoms with Gasteiger partial charge in [-0.3, -0.25) is 0 Å². The molecular formula is C16H22ClNOS. The fourth-order valence-electron chi connectivity index (χ4n) is 3.01. The zero-order chi connectivity index (χ0) is 13.8. The molecule has 2 fully saturated rings. The lowest BCUT2D eigenvalue weighted by atomic mass is 9.90. The number of ether oxygens (including phenoxy) is 1. The van der Waals surface area contributed by atoms with Crippen molar-refractivity contribution >= 4 is 23.4 Å². The van der Waals surface area contributed by atoms with Crippen molar-refractivity contribution in [3.05, 3.63) is 28.8 Å². The van der Waals surface area contributed by atoms with Crippen LogP contribution in [-0.4, -0.2) is 30.7 Å². The maximum atomic E-state index is 6.42. The molecule has 0 saturated carbocycles. The summed E-state index contributed by atoms with van der Waals surface area (Å²) in [6.07, 6.45) is 5.14. The molecule has 2 saturated heterocycles. The number of nitrogens with one attached hydrogen (secondary N) is 1. The molecule has 0 bridgehead atoms. The summed E-state index contributed by atoms with van der Waals surface area (Å²) in [6, 6.07) is 6.38. The van der Waals surface area contributed by atoms with Crippen LogP contribution in [0.2, 0.25) is 5.02 Å². The van der Waals surface area contributed by atoms with E-state index in [1.807, 2.05) is 11.8 Å². The van der Waals surface area contributed by atoms with Crippen LogP contribution in [0.3, 0.4) is 0 Å². The molecule has 1 atom stereocenters. The van der Waals surface area contributed by atoms with Gasteiger partial charge < -0.3 is 10.1 Å². The fourth-order valence-corrected chi connectivity index (χ4v) is 4.27. The molecule has 1 unspecified atom stereocenters. The molecule has 0 spiro atoms. The van der Waals surface area contributed by atoms with Crippen LogP contribution >= 0.6 is 23.4 Å². The maximum absolute atomic E-state index is 6.42. The highest BCUT2D eigenvalue weighted by atomic mass is 35.5. The van der Waals surface area contributed by atoms with E-state index in [2.05, 4.69) is 23.5 Å². The molecule has 2 heterocycles. The van der Waals surface area contributed by atoms with Crippen molar-refractivity contribution in [3.63, 3.8) is 0 Å². The second kappa shape index (κ2) is 7.06. The van der Waals surface area contributed by atoms with Crippen molar-refractivity contribution in [2.24, 2.45) is 0 Å². The van der Waals surface area contributed by atoms with Crippen LogP contribution < -0.4 is 10.1 Å². The van der Waals surface area contributed by atoms with Gasteiger partial charge in [-0.1, -0.05) is 17.7 Å². The first kappa shape index (κ1) is 14.6. The summed E-state index contributed by atoms with van der Waals surface area (Å²) in [5, 5.41) is 4.18. The summed E-state index contributed by atoms with van der Waals surface area (Å²) in [7, 11) is 0. The molecule has 1 aromatic rings. The molecule has 0 aromatic heterocycles. The Morgan fingerprint density at radius 1 is 1.20 bits per heavy atom. The van der Waals surface area contributed by atoms with Crippen LogP contribution in [0.25, 0.3) is 0 Å². The predicted molar refractivity (Wildman–Crippen MR) is 87.3 cm³/mol. The maximum Gasteiger partial charge on any atom is 0.138 e. The third-order valence-corrected chi connectivity index (χ3v) is 5.66. The topological polar surface area (TPSA) is 21.3 Å². The standard InChI is InChI=1S/C16H22ClNOS/c17-15-10-13(12-5-7-18-8-6-12)3-4-16(15)19-14-2-1-9-20-11-14/h3-4,10,12,14,18H,1-2,5-9,11H2. The van der Waals surface area contributed by atoms with Crippen LogP contribution in [0.4, 0.5) is 0 Å². The normalized spacial score (nSPS) is 24.6. The monoisotopic (exact) mass is 311 g/mol. The minimum atomic E-state index is 0.330. The zero-order valence-electron chi connectivity index (χ0n) is 11.7. The Kier molecular flexibility index (Phi) is 5.14. The molecule has 1 N–H and O–H groups in total. The van der Waals surface area contributed by atoms with Gasteiger partial charge in [-0.05, 0) is 68.1 Å². The Morgan fingerprint density at radius 2 is 2.05 bits per heavy atom. The average molecular weight is 312 g/mol. The second-order valence-electron chi connectivity index (χ2n) is 5.67. The number of hydrogen-bond acceptors (Lipinski definition) is 3. The number of piperidine rings is 1. The van der Waals surface area contributed by atoms with Crippen LogP contribution in [0.5, 0.6) is 5.75 Å². The van der Waals surface area contributed by atoms with E-state index < -0.39 is 0 Å². The van der Waals surface area contributed by atoms with Gasteiger partial charge in [0, 0.05) is 5.75 Å². The van der Waals surface area contributed by atoms with Gasteiger partial charge in [0.2, 0.25) is 0 Å². The van der Waals surface area contributed by atoms with Crippen molar-refractivity contribution < 1.29 is 4.74 Å². The highest BCUT2D eigenvalue weighted by Crippen LogP contribution is 2.33. The summed E-state index contributed by atoms with van der Waals surface area (Å²) in [5.41, 5.74) is 1.36. The lowest BCUT2D eigenvalue weighted by molar-refractivity contribution is 0.211. The molecule has 2 nitrogen and oxygen atoms in total. The lowest BCUT2D eigenvalue weighted by Gasteiger charge is -2.25. The molecule has 3 rings (SSSR count). The van der Waals surface area contributed by atoms with Crippen molar-refractivity contribution in [2.75, 3.05) is 24.6 Å². The zero-order valence-corrected chi connectivity index (χ0v) is 13.3. The van der Waals surface area contributed by atoms with E-state index in [9.17, 15) is 0 Å². The van der Waals surface area contributed by atoms with Gasteiger partial charge in [0.1, 0.15) is 11.9 Å². The van der Waals surface area contributed by atoms with E-state index in [0.717, 1.165) is 36.0 Å².